The molecule has 0 radical (unpaired) electrons. The summed E-state index contributed by atoms with van der Waals surface area (Å²) in [5.41, 5.74) is 1.33. The molecule has 1 aromatic heterocycles. The van der Waals surface area contributed by atoms with Crippen molar-refractivity contribution in [1.29, 1.82) is 0 Å². The molecular formula is C20H17BrN2O5. The van der Waals surface area contributed by atoms with Crippen LogP contribution >= 0.6 is 15.9 Å². The van der Waals surface area contributed by atoms with Gasteiger partial charge in [0, 0.05) is 16.2 Å². The van der Waals surface area contributed by atoms with E-state index in [1.165, 1.54) is 20.5 Å². The van der Waals surface area contributed by atoms with E-state index in [1.54, 1.807) is 48.5 Å². The first-order chi connectivity index (χ1) is 13.5. The summed E-state index contributed by atoms with van der Waals surface area (Å²) in [4.78, 5) is 24.8. The molecule has 8 heteroatoms. The van der Waals surface area contributed by atoms with Crippen molar-refractivity contribution in [3.63, 3.8) is 0 Å². The largest absolute Gasteiger partial charge is 0.496 e. The zero-order valence-electron chi connectivity index (χ0n) is 15.1. The Morgan fingerprint density at radius 3 is 2.39 bits per heavy atom. The molecule has 3 aromatic rings. The summed E-state index contributed by atoms with van der Waals surface area (Å²) in [6, 6.07) is 13.2. The SMILES string of the molecule is COc1cc(NC(=O)c2cc(Br)ccc2OC)ccc1NC(=O)c1ccco1. The van der Waals surface area contributed by atoms with Crippen LogP contribution in [0.25, 0.3) is 0 Å². The third-order valence-electron chi connectivity index (χ3n) is 3.86. The molecule has 0 aliphatic carbocycles. The Labute approximate surface area is 169 Å². The van der Waals surface area contributed by atoms with Gasteiger partial charge in [-0.25, -0.2) is 0 Å². The van der Waals surface area contributed by atoms with Gasteiger partial charge in [0.25, 0.3) is 11.8 Å². The minimum absolute atomic E-state index is 0.182. The molecule has 0 unspecified atom stereocenters. The van der Waals surface area contributed by atoms with E-state index in [1.807, 2.05) is 0 Å². The van der Waals surface area contributed by atoms with Gasteiger partial charge in [0.05, 0.1) is 31.7 Å². The zero-order valence-corrected chi connectivity index (χ0v) is 16.7. The van der Waals surface area contributed by atoms with Crippen molar-refractivity contribution in [2.24, 2.45) is 0 Å². The van der Waals surface area contributed by atoms with E-state index in [9.17, 15) is 9.59 Å². The smallest absolute Gasteiger partial charge is 0.291 e. The first-order valence-corrected chi connectivity index (χ1v) is 8.99. The van der Waals surface area contributed by atoms with E-state index in [4.69, 9.17) is 13.9 Å². The quantitative estimate of drug-likeness (QED) is 0.581. The van der Waals surface area contributed by atoms with Gasteiger partial charge in [-0.3, -0.25) is 9.59 Å². The van der Waals surface area contributed by atoms with Crippen molar-refractivity contribution in [3.8, 4) is 11.5 Å². The van der Waals surface area contributed by atoms with Crippen molar-refractivity contribution in [2.75, 3.05) is 24.9 Å². The summed E-state index contributed by atoms with van der Waals surface area (Å²) in [7, 11) is 2.97. The van der Waals surface area contributed by atoms with Crippen molar-refractivity contribution in [3.05, 3.63) is 70.6 Å². The van der Waals surface area contributed by atoms with Crippen LogP contribution in [0.2, 0.25) is 0 Å². The third kappa shape index (κ3) is 4.34. The van der Waals surface area contributed by atoms with Crippen molar-refractivity contribution in [1.82, 2.24) is 0 Å². The maximum atomic E-state index is 12.6. The van der Waals surface area contributed by atoms with Gasteiger partial charge in [0.2, 0.25) is 0 Å². The highest BCUT2D eigenvalue weighted by Gasteiger charge is 2.16. The number of amides is 2. The van der Waals surface area contributed by atoms with E-state index < -0.39 is 5.91 Å². The van der Waals surface area contributed by atoms with Crippen LogP contribution in [0.4, 0.5) is 11.4 Å². The normalized spacial score (nSPS) is 10.2. The van der Waals surface area contributed by atoms with E-state index in [0.717, 1.165) is 4.47 Å². The Bertz CT molecular complexity index is 1000. The average molecular weight is 445 g/mol. The summed E-state index contributed by atoms with van der Waals surface area (Å²) >= 11 is 3.35. The fraction of sp³-hybridized carbons (Fsp3) is 0.100. The van der Waals surface area contributed by atoms with Crippen LogP contribution in [0.1, 0.15) is 20.9 Å². The number of benzene rings is 2. The molecule has 1 heterocycles. The standard InChI is InChI=1S/C20H17BrN2O5/c1-26-16-8-5-12(21)10-14(16)19(24)22-13-6-7-15(18(11-13)27-2)23-20(25)17-4-3-9-28-17/h3-11H,1-2H3,(H,22,24)(H,23,25). The van der Waals surface area contributed by atoms with Gasteiger partial charge in [0.1, 0.15) is 11.5 Å². The van der Waals surface area contributed by atoms with Gasteiger partial charge in [0.15, 0.2) is 5.76 Å². The molecule has 144 valence electrons. The number of carbonyl (C=O) groups is 2. The number of ether oxygens (including phenoxy) is 2. The summed E-state index contributed by atoms with van der Waals surface area (Å²) < 4.78 is 16.4. The Morgan fingerprint density at radius 1 is 0.929 bits per heavy atom. The minimum Gasteiger partial charge on any atom is -0.496 e. The Morgan fingerprint density at radius 2 is 1.71 bits per heavy atom. The fourth-order valence-electron chi connectivity index (χ4n) is 2.52. The third-order valence-corrected chi connectivity index (χ3v) is 4.35. The Hall–Kier alpha value is -3.26. The predicted octanol–water partition coefficient (Wildman–Crippen LogP) is 4.56. The first kappa shape index (κ1) is 19.5. The number of nitrogens with one attached hydrogen (secondary N) is 2. The number of hydrogen-bond acceptors (Lipinski definition) is 5. The molecule has 0 fully saturated rings. The number of methoxy groups -OCH3 is 2. The summed E-state index contributed by atoms with van der Waals surface area (Å²) in [5.74, 6) is 0.279. The highest BCUT2D eigenvalue weighted by molar-refractivity contribution is 9.10. The summed E-state index contributed by atoms with van der Waals surface area (Å²) in [5, 5.41) is 5.50. The minimum atomic E-state index is -0.404. The molecule has 0 saturated carbocycles. The van der Waals surface area contributed by atoms with Gasteiger partial charge < -0.3 is 24.5 Å². The topological polar surface area (TPSA) is 89.8 Å². The second kappa shape index (κ2) is 8.62. The molecule has 0 saturated heterocycles. The molecule has 7 nitrogen and oxygen atoms in total. The molecule has 0 aliphatic rings. The van der Waals surface area contributed by atoms with Crippen LogP contribution in [0, 0.1) is 0 Å². The highest BCUT2D eigenvalue weighted by Crippen LogP contribution is 2.30. The number of carbonyl (C=O) groups excluding carboxylic acids is 2. The van der Waals surface area contributed by atoms with Crippen molar-refractivity contribution >= 4 is 39.1 Å². The zero-order chi connectivity index (χ0) is 20.1. The van der Waals surface area contributed by atoms with Gasteiger partial charge >= 0.3 is 0 Å². The lowest BCUT2D eigenvalue weighted by molar-refractivity contribution is 0.0993. The maximum absolute atomic E-state index is 12.6. The lowest BCUT2D eigenvalue weighted by atomic mass is 10.1. The maximum Gasteiger partial charge on any atom is 0.291 e. The number of furan rings is 1. The van der Waals surface area contributed by atoms with E-state index in [-0.39, 0.29) is 11.7 Å². The van der Waals surface area contributed by atoms with Crippen molar-refractivity contribution < 1.29 is 23.5 Å². The van der Waals surface area contributed by atoms with Gasteiger partial charge in [-0.2, -0.15) is 0 Å². The molecule has 0 atom stereocenters. The Kier molecular flexibility index (Phi) is 6.00. The summed E-state index contributed by atoms with van der Waals surface area (Å²) in [6.07, 6.45) is 1.42. The molecule has 0 spiro atoms. The molecule has 0 aliphatic heterocycles. The van der Waals surface area contributed by atoms with Crippen LogP contribution in [-0.2, 0) is 0 Å². The van der Waals surface area contributed by atoms with Gasteiger partial charge in [-0.15, -0.1) is 0 Å². The first-order valence-electron chi connectivity index (χ1n) is 8.19. The Balaban J connectivity index is 1.79. The molecule has 2 N–H and O–H groups in total. The second-order valence-corrected chi connectivity index (χ2v) is 6.56. The lowest BCUT2D eigenvalue weighted by Gasteiger charge is -2.13. The molecule has 28 heavy (non-hydrogen) atoms. The number of halogens is 1. The molecular weight excluding hydrogens is 428 g/mol. The number of anilines is 2. The monoisotopic (exact) mass is 444 g/mol. The van der Waals surface area contributed by atoms with E-state index >= 15 is 0 Å². The molecule has 2 aromatic carbocycles. The highest BCUT2D eigenvalue weighted by atomic mass is 79.9. The van der Waals surface area contributed by atoms with Crippen molar-refractivity contribution in [2.45, 2.75) is 0 Å². The average Bonchev–Trinajstić information content (AvgIpc) is 3.24. The van der Waals surface area contributed by atoms with Crippen LogP contribution in [0.3, 0.4) is 0 Å². The molecule has 0 bridgehead atoms. The van der Waals surface area contributed by atoms with Crippen LogP contribution in [0.5, 0.6) is 11.5 Å². The van der Waals surface area contributed by atoms with Crippen LogP contribution in [0.15, 0.2) is 63.7 Å². The number of rotatable bonds is 6. The van der Waals surface area contributed by atoms with Crippen LogP contribution in [-0.4, -0.2) is 26.0 Å². The predicted molar refractivity (Wildman–Crippen MR) is 108 cm³/mol. The molecule has 3 rings (SSSR count). The van der Waals surface area contributed by atoms with Gasteiger partial charge in [-0.05, 0) is 42.5 Å². The van der Waals surface area contributed by atoms with Crippen LogP contribution < -0.4 is 20.1 Å². The molecule has 2 amide bonds. The fourth-order valence-corrected chi connectivity index (χ4v) is 2.88. The second-order valence-electron chi connectivity index (χ2n) is 5.65. The lowest BCUT2D eigenvalue weighted by Crippen LogP contribution is -2.14. The summed E-state index contributed by atoms with van der Waals surface area (Å²) in [6.45, 7) is 0. The van der Waals surface area contributed by atoms with Gasteiger partial charge in [-0.1, -0.05) is 15.9 Å². The number of hydrogen-bond donors (Lipinski definition) is 2. The van der Waals surface area contributed by atoms with E-state index in [0.29, 0.717) is 28.4 Å². The van der Waals surface area contributed by atoms with E-state index in [2.05, 4.69) is 26.6 Å².